The maximum Gasteiger partial charge on any atom is 0.144 e. The lowest BCUT2D eigenvalue weighted by Gasteiger charge is -2.16. The van der Waals surface area contributed by atoms with Crippen LogP contribution in [0.1, 0.15) is 43.8 Å². The zero-order valence-corrected chi connectivity index (χ0v) is 19.9. The number of H-pyrrole nitrogens is 1. The van der Waals surface area contributed by atoms with Crippen molar-refractivity contribution in [3.8, 4) is 5.75 Å². The minimum atomic E-state index is 0.0809. The quantitative estimate of drug-likeness (QED) is 0.269. The van der Waals surface area contributed by atoms with Crippen LogP contribution in [0.3, 0.4) is 0 Å². The molecule has 0 aliphatic rings. The van der Waals surface area contributed by atoms with Crippen LogP contribution in [-0.4, -0.2) is 34.9 Å². The molecule has 0 saturated carbocycles. The van der Waals surface area contributed by atoms with E-state index in [1.807, 2.05) is 51.1 Å². The average Bonchev–Trinajstić information content (AvgIpc) is 3.16. The molecule has 2 aromatic heterocycles. The first-order valence-electron chi connectivity index (χ1n) is 10.9. The van der Waals surface area contributed by atoms with Crippen molar-refractivity contribution in [2.45, 2.75) is 33.7 Å². The van der Waals surface area contributed by atoms with Gasteiger partial charge in [-0.3, -0.25) is 0 Å². The minimum absolute atomic E-state index is 0.0809. The molecule has 4 rings (SSSR count). The van der Waals surface area contributed by atoms with Crippen LogP contribution in [0.15, 0.2) is 53.7 Å². The number of hydrogen-bond acceptors (Lipinski definition) is 6. The summed E-state index contributed by atoms with van der Waals surface area (Å²) < 4.78 is 5.79. The molecule has 0 aliphatic heterocycles. The first kappa shape index (κ1) is 22.3. The minimum Gasteiger partial charge on any atom is -0.496 e. The van der Waals surface area contributed by atoms with Gasteiger partial charge >= 0.3 is 0 Å². The van der Waals surface area contributed by atoms with Crippen LogP contribution in [0.4, 0.5) is 5.82 Å². The molecule has 0 saturated heterocycles. The molecule has 2 N–H and O–H groups in total. The van der Waals surface area contributed by atoms with Crippen molar-refractivity contribution in [1.29, 1.82) is 0 Å². The molecule has 0 unspecified atom stereocenters. The highest BCUT2D eigenvalue weighted by Gasteiger charge is 2.19. The Bertz CT molecular complexity index is 1360. The number of fused-ring (bicyclic) bond motifs is 3. The predicted octanol–water partition coefficient (Wildman–Crippen LogP) is 6.03. The standard InChI is InChI=1S/C26H29N5O2/c1-7-19(16(3)31-33-6)20-13-22-21(14-23(20)32-5)24-25(28-17(4)29-26(24)30-22)27-15(2)18-11-9-8-10-12-18/h7-15H,1-6H3,(H2,27,28,29,30)/b19-7-,31-16-/t15-/m1/s1. The van der Waals surface area contributed by atoms with E-state index in [0.717, 1.165) is 50.4 Å². The first-order chi connectivity index (χ1) is 16.0. The maximum absolute atomic E-state index is 5.79. The van der Waals surface area contributed by atoms with Gasteiger partial charge in [-0.05, 0) is 45.4 Å². The molecule has 0 spiro atoms. The number of methoxy groups -OCH3 is 1. The van der Waals surface area contributed by atoms with Gasteiger partial charge < -0.3 is 19.9 Å². The van der Waals surface area contributed by atoms with Gasteiger partial charge in [-0.15, -0.1) is 0 Å². The topological polar surface area (TPSA) is 84.4 Å². The van der Waals surface area contributed by atoms with Gasteiger partial charge in [0.2, 0.25) is 0 Å². The van der Waals surface area contributed by atoms with Gasteiger partial charge in [0.05, 0.1) is 18.2 Å². The normalized spacial score (nSPS) is 13.4. The highest BCUT2D eigenvalue weighted by atomic mass is 16.6. The number of oxime groups is 1. The summed E-state index contributed by atoms with van der Waals surface area (Å²) in [6.45, 7) is 7.91. The molecule has 0 amide bonds. The summed E-state index contributed by atoms with van der Waals surface area (Å²) in [5.74, 6) is 2.23. The van der Waals surface area contributed by atoms with E-state index in [2.05, 4.69) is 45.6 Å². The summed E-state index contributed by atoms with van der Waals surface area (Å²) in [5, 5.41) is 9.62. The number of nitrogens with zero attached hydrogens (tertiary/aromatic N) is 3. The lowest BCUT2D eigenvalue weighted by atomic mass is 9.99. The number of nitrogens with one attached hydrogen (secondary N) is 2. The number of aryl methyl sites for hydroxylation is 1. The average molecular weight is 444 g/mol. The fourth-order valence-corrected chi connectivity index (χ4v) is 4.20. The van der Waals surface area contributed by atoms with Crippen LogP contribution >= 0.6 is 0 Å². The van der Waals surface area contributed by atoms with Crippen molar-refractivity contribution < 1.29 is 9.57 Å². The van der Waals surface area contributed by atoms with Crippen molar-refractivity contribution in [1.82, 2.24) is 15.0 Å². The van der Waals surface area contributed by atoms with Crippen molar-refractivity contribution in [3.05, 3.63) is 65.5 Å². The summed E-state index contributed by atoms with van der Waals surface area (Å²) in [4.78, 5) is 17.9. The van der Waals surface area contributed by atoms with Crippen LogP contribution in [0, 0.1) is 6.92 Å². The highest BCUT2D eigenvalue weighted by Crippen LogP contribution is 2.37. The molecular formula is C26H29N5O2. The molecule has 33 heavy (non-hydrogen) atoms. The smallest absolute Gasteiger partial charge is 0.144 e. The second kappa shape index (κ2) is 9.32. The predicted molar refractivity (Wildman–Crippen MR) is 135 cm³/mol. The van der Waals surface area contributed by atoms with Crippen LogP contribution in [0.2, 0.25) is 0 Å². The molecule has 0 bridgehead atoms. The second-order valence-electron chi connectivity index (χ2n) is 7.90. The molecule has 2 heterocycles. The van der Waals surface area contributed by atoms with Gasteiger partial charge in [0.25, 0.3) is 0 Å². The van der Waals surface area contributed by atoms with E-state index in [0.29, 0.717) is 5.82 Å². The number of anilines is 1. The summed E-state index contributed by atoms with van der Waals surface area (Å²) >= 11 is 0. The third-order valence-corrected chi connectivity index (χ3v) is 5.73. The SMILES string of the molecule is C/C=C(/C(C)=N\OC)c1cc2[nH]c3nc(C)nc(N[C@H](C)c4ccccc4)c3c2cc1OC. The van der Waals surface area contributed by atoms with Crippen molar-refractivity contribution in [2.24, 2.45) is 5.16 Å². The van der Waals surface area contributed by atoms with Crippen molar-refractivity contribution >= 4 is 39.0 Å². The third-order valence-electron chi connectivity index (χ3n) is 5.73. The molecule has 0 fully saturated rings. The van der Waals surface area contributed by atoms with Crippen molar-refractivity contribution in [3.63, 3.8) is 0 Å². The molecule has 2 aromatic carbocycles. The summed E-state index contributed by atoms with van der Waals surface area (Å²) in [5.41, 5.74) is 5.54. The molecule has 0 aliphatic carbocycles. The number of aromatic amines is 1. The molecule has 4 aromatic rings. The van der Waals surface area contributed by atoms with Crippen LogP contribution in [-0.2, 0) is 4.84 Å². The Kier molecular flexibility index (Phi) is 6.31. The van der Waals surface area contributed by atoms with E-state index in [4.69, 9.17) is 14.6 Å². The van der Waals surface area contributed by atoms with Gasteiger partial charge in [0.1, 0.15) is 30.1 Å². The van der Waals surface area contributed by atoms with Gasteiger partial charge in [0, 0.05) is 28.1 Å². The highest BCUT2D eigenvalue weighted by molar-refractivity contribution is 6.24. The van der Waals surface area contributed by atoms with E-state index in [-0.39, 0.29) is 6.04 Å². The number of ether oxygens (including phenoxy) is 1. The Morgan fingerprint density at radius 2 is 1.91 bits per heavy atom. The molecule has 7 heteroatoms. The van der Waals surface area contributed by atoms with E-state index in [1.54, 1.807) is 14.2 Å². The lowest BCUT2D eigenvalue weighted by molar-refractivity contribution is 0.214. The molecule has 7 nitrogen and oxygen atoms in total. The number of rotatable bonds is 7. The summed E-state index contributed by atoms with van der Waals surface area (Å²) in [6, 6.07) is 14.5. The Hall–Kier alpha value is -3.87. The van der Waals surface area contributed by atoms with Crippen LogP contribution < -0.4 is 10.1 Å². The van der Waals surface area contributed by atoms with E-state index < -0.39 is 0 Å². The van der Waals surface area contributed by atoms with Gasteiger partial charge in [-0.2, -0.15) is 0 Å². The zero-order chi connectivity index (χ0) is 23.5. The van der Waals surface area contributed by atoms with E-state index in [9.17, 15) is 0 Å². The lowest BCUT2D eigenvalue weighted by Crippen LogP contribution is -2.09. The van der Waals surface area contributed by atoms with Gasteiger partial charge in [-0.25, -0.2) is 9.97 Å². The second-order valence-corrected chi connectivity index (χ2v) is 7.90. The van der Waals surface area contributed by atoms with Gasteiger partial charge in [-0.1, -0.05) is 41.6 Å². The molecule has 0 radical (unpaired) electrons. The number of benzene rings is 2. The molecule has 170 valence electrons. The first-order valence-corrected chi connectivity index (χ1v) is 10.9. The van der Waals surface area contributed by atoms with Crippen molar-refractivity contribution in [2.75, 3.05) is 19.5 Å². The Balaban J connectivity index is 1.89. The largest absolute Gasteiger partial charge is 0.496 e. The Labute approximate surface area is 193 Å². The third kappa shape index (κ3) is 4.26. The summed E-state index contributed by atoms with van der Waals surface area (Å²) in [6.07, 6.45) is 2.00. The monoisotopic (exact) mass is 443 g/mol. The van der Waals surface area contributed by atoms with E-state index in [1.165, 1.54) is 5.56 Å². The number of hydrogen-bond donors (Lipinski definition) is 2. The van der Waals surface area contributed by atoms with E-state index >= 15 is 0 Å². The Morgan fingerprint density at radius 3 is 2.58 bits per heavy atom. The maximum atomic E-state index is 5.79. The summed E-state index contributed by atoms with van der Waals surface area (Å²) in [7, 11) is 3.22. The van der Waals surface area contributed by atoms with Crippen LogP contribution in [0.5, 0.6) is 5.75 Å². The zero-order valence-electron chi connectivity index (χ0n) is 19.9. The molecular weight excluding hydrogens is 414 g/mol. The fraction of sp³-hybridized carbons (Fsp3) is 0.269. The Morgan fingerprint density at radius 1 is 1.15 bits per heavy atom. The number of allylic oxidation sites excluding steroid dienone is 2. The van der Waals surface area contributed by atoms with Crippen LogP contribution in [0.25, 0.3) is 27.5 Å². The molecule has 1 atom stereocenters. The fourth-order valence-electron chi connectivity index (χ4n) is 4.20. The van der Waals surface area contributed by atoms with Gasteiger partial charge in [0.15, 0.2) is 0 Å². The number of aromatic nitrogens is 3.